The van der Waals surface area contributed by atoms with Crippen molar-refractivity contribution in [3.8, 4) is 5.13 Å². The van der Waals surface area contributed by atoms with Crippen LogP contribution >= 0.6 is 11.3 Å². The normalized spacial score (nSPS) is 18.6. The molecule has 9 heteroatoms. The number of pyridine rings is 1. The second-order valence-electron chi connectivity index (χ2n) is 8.11. The first-order valence-corrected chi connectivity index (χ1v) is 12.0. The first-order valence-electron chi connectivity index (χ1n) is 11.2. The minimum atomic E-state index is 0.924. The van der Waals surface area contributed by atoms with Crippen LogP contribution in [0.5, 0.6) is 0 Å². The van der Waals surface area contributed by atoms with Gasteiger partial charge in [0.25, 0.3) is 0 Å². The van der Waals surface area contributed by atoms with Gasteiger partial charge in [0.1, 0.15) is 5.82 Å². The maximum atomic E-state index is 4.52. The highest BCUT2D eigenvalue weighted by atomic mass is 32.1. The van der Waals surface area contributed by atoms with E-state index >= 15 is 0 Å². The lowest BCUT2D eigenvalue weighted by atomic mass is 10.3. The van der Waals surface area contributed by atoms with E-state index in [-0.39, 0.29) is 0 Å². The van der Waals surface area contributed by atoms with E-state index in [0.717, 1.165) is 81.5 Å². The molecule has 2 aliphatic heterocycles. The van der Waals surface area contributed by atoms with Crippen molar-refractivity contribution >= 4 is 22.3 Å². The number of piperazine rings is 2. The number of likely N-dealkylation sites (N-methyl/N-ethyl adjacent to an activating group) is 1. The lowest BCUT2D eigenvalue weighted by molar-refractivity contribution is 0.245. The number of aromatic nitrogens is 4. The Morgan fingerprint density at radius 1 is 0.806 bits per heavy atom. The van der Waals surface area contributed by atoms with Crippen LogP contribution in [0.2, 0.25) is 0 Å². The van der Waals surface area contributed by atoms with Gasteiger partial charge in [0.15, 0.2) is 0 Å². The van der Waals surface area contributed by atoms with E-state index < -0.39 is 0 Å². The lowest BCUT2D eigenvalue weighted by Gasteiger charge is -2.35. The number of rotatable bonds is 6. The predicted octanol–water partition coefficient (Wildman–Crippen LogP) is 2.19. The molecule has 0 atom stereocenters. The molecule has 2 aliphatic rings. The quantitative estimate of drug-likeness (QED) is 0.585. The van der Waals surface area contributed by atoms with Crippen molar-refractivity contribution < 1.29 is 0 Å². The molecule has 0 radical (unpaired) electrons. The minimum Gasteiger partial charge on any atom is -0.354 e. The third-order valence-corrected chi connectivity index (χ3v) is 7.25. The molecule has 31 heavy (non-hydrogen) atoms. The Morgan fingerprint density at radius 2 is 1.55 bits per heavy atom. The van der Waals surface area contributed by atoms with E-state index in [1.54, 1.807) is 11.3 Å². The molecule has 2 fully saturated rings. The van der Waals surface area contributed by atoms with Crippen molar-refractivity contribution in [3.63, 3.8) is 0 Å². The van der Waals surface area contributed by atoms with Gasteiger partial charge in [0, 0.05) is 77.0 Å². The Kier molecular flexibility index (Phi) is 6.15. The molecule has 3 aromatic rings. The van der Waals surface area contributed by atoms with Gasteiger partial charge in [-0.05, 0) is 30.8 Å². The molecule has 8 nitrogen and oxygen atoms in total. The van der Waals surface area contributed by atoms with Crippen molar-refractivity contribution in [1.82, 2.24) is 29.5 Å². The van der Waals surface area contributed by atoms with E-state index in [0.29, 0.717) is 0 Å². The molecule has 0 bridgehead atoms. The van der Waals surface area contributed by atoms with Crippen molar-refractivity contribution in [2.45, 2.75) is 13.5 Å². The van der Waals surface area contributed by atoms with E-state index in [4.69, 9.17) is 0 Å². The SMILES string of the molecule is CCN1CCN(c2nnc(-n3cccc3CN3CCN(c4ccccn4)CC3)s2)CC1. The summed E-state index contributed by atoms with van der Waals surface area (Å²) >= 11 is 1.69. The van der Waals surface area contributed by atoms with E-state index in [1.165, 1.54) is 5.69 Å². The zero-order valence-electron chi connectivity index (χ0n) is 18.1. The van der Waals surface area contributed by atoms with Crippen molar-refractivity contribution in [2.75, 3.05) is 68.7 Å². The molecule has 0 amide bonds. The van der Waals surface area contributed by atoms with E-state index in [9.17, 15) is 0 Å². The summed E-state index contributed by atoms with van der Waals surface area (Å²) in [5.41, 5.74) is 1.27. The van der Waals surface area contributed by atoms with Crippen LogP contribution in [0.4, 0.5) is 10.9 Å². The summed E-state index contributed by atoms with van der Waals surface area (Å²) in [5, 5.41) is 11.0. The maximum Gasteiger partial charge on any atom is 0.218 e. The molecule has 0 aromatic carbocycles. The number of hydrogen-bond acceptors (Lipinski definition) is 8. The molecule has 0 N–H and O–H groups in total. The van der Waals surface area contributed by atoms with Gasteiger partial charge >= 0.3 is 0 Å². The average molecular weight is 439 g/mol. The highest BCUT2D eigenvalue weighted by Crippen LogP contribution is 2.26. The van der Waals surface area contributed by atoms with Crippen LogP contribution in [0.3, 0.4) is 0 Å². The van der Waals surface area contributed by atoms with E-state index in [2.05, 4.69) is 76.7 Å². The van der Waals surface area contributed by atoms with Gasteiger partial charge in [0.05, 0.1) is 0 Å². The summed E-state index contributed by atoms with van der Waals surface area (Å²) in [6.07, 6.45) is 3.98. The largest absolute Gasteiger partial charge is 0.354 e. The second kappa shape index (κ2) is 9.33. The summed E-state index contributed by atoms with van der Waals surface area (Å²) in [6.45, 7) is 12.6. The van der Waals surface area contributed by atoms with E-state index in [1.807, 2.05) is 12.3 Å². The Labute approximate surface area is 187 Å². The zero-order chi connectivity index (χ0) is 21.0. The molecule has 0 spiro atoms. The monoisotopic (exact) mass is 438 g/mol. The topological polar surface area (TPSA) is 56.6 Å². The summed E-state index contributed by atoms with van der Waals surface area (Å²) in [6, 6.07) is 10.4. The molecule has 0 aliphatic carbocycles. The standard InChI is InChI=1S/C22H30N8S/c1-2-26-10-16-29(17-11-26)21-24-25-22(31-21)30-9-5-6-19(30)18-27-12-14-28(15-13-27)20-7-3-4-8-23-20/h3-9H,2,10-18H2,1H3. The third kappa shape index (κ3) is 4.58. The van der Waals surface area contributed by atoms with Crippen LogP contribution in [-0.2, 0) is 6.54 Å². The Balaban J connectivity index is 1.20. The maximum absolute atomic E-state index is 4.52. The fraction of sp³-hybridized carbons (Fsp3) is 0.500. The highest BCUT2D eigenvalue weighted by Gasteiger charge is 2.22. The molecular weight excluding hydrogens is 408 g/mol. The molecule has 5 heterocycles. The third-order valence-electron chi connectivity index (χ3n) is 6.26. The first kappa shape index (κ1) is 20.4. The highest BCUT2D eigenvalue weighted by molar-refractivity contribution is 7.17. The van der Waals surface area contributed by atoms with Gasteiger partial charge in [-0.3, -0.25) is 9.47 Å². The Hall–Kier alpha value is -2.49. The van der Waals surface area contributed by atoms with Crippen molar-refractivity contribution in [1.29, 1.82) is 0 Å². The molecule has 5 rings (SSSR count). The number of hydrogen-bond donors (Lipinski definition) is 0. The van der Waals surface area contributed by atoms with Crippen LogP contribution < -0.4 is 9.80 Å². The number of nitrogens with zero attached hydrogens (tertiary/aromatic N) is 8. The molecule has 0 saturated carbocycles. The van der Waals surface area contributed by atoms with Crippen molar-refractivity contribution in [2.24, 2.45) is 0 Å². The fourth-order valence-electron chi connectivity index (χ4n) is 4.33. The fourth-order valence-corrected chi connectivity index (χ4v) is 5.24. The molecule has 0 unspecified atom stereocenters. The van der Waals surface area contributed by atoms with Gasteiger partial charge in [-0.2, -0.15) is 0 Å². The van der Waals surface area contributed by atoms with Gasteiger partial charge in [0.2, 0.25) is 10.3 Å². The summed E-state index contributed by atoms with van der Waals surface area (Å²) in [7, 11) is 0. The van der Waals surface area contributed by atoms with Crippen LogP contribution in [-0.4, -0.2) is 88.5 Å². The first-order chi connectivity index (χ1) is 15.3. The molecule has 3 aromatic heterocycles. The average Bonchev–Trinajstić information content (AvgIpc) is 3.50. The minimum absolute atomic E-state index is 0.924. The van der Waals surface area contributed by atoms with Gasteiger partial charge < -0.3 is 14.7 Å². The van der Waals surface area contributed by atoms with Gasteiger partial charge in [-0.15, -0.1) is 10.2 Å². The smallest absolute Gasteiger partial charge is 0.218 e. The summed E-state index contributed by atoms with van der Waals surface area (Å²) in [4.78, 5) is 14.2. The predicted molar refractivity (Wildman–Crippen MR) is 125 cm³/mol. The van der Waals surface area contributed by atoms with Crippen molar-refractivity contribution in [3.05, 3.63) is 48.4 Å². The molecular formula is C22H30N8S. The van der Waals surface area contributed by atoms with Crippen LogP contribution in [0.1, 0.15) is 12.6 Å². The molecule has 164 valence electrons. The summed E-state index contributed by atoms with van der Waals surface area (Å²) in [5.74, 6) is 1.08. The molecule has 2 saturated heterocycles. The second-order valence-corrected chi connectivity index (χ2v) is 9.04. The Bertz CT molecular complexity index is 955. The zero-order valence-corrected chi connectivity index (χ0v) is 18.9. The van der Waals surface area contributed by atoms with Gasteiger partial charge in [-0.25, -0.2) is 4.98 Å². The van der Waals surface area contributed by atoms with Gasteiger partial charge in [-0.1, -0.05) is 24.3 Å². The lowest BCUT2D eigenvalue weighted by Crippen LogP contribution is -2.46. The van der Waals surface area contributed by atoms with Crippen LogP contribution in [0.25, 0.3) is 5.13 Å². The van der Waals surface area contributed by atoms with Crippen LogP contribution in [0, 0.1) is 0 Å². The Morgan fingerprint density at radius 3 is 2.29 bits per heavy atom. The van der Waals surface area contributed by atoms with Crippen LogP contribution in [0.15, 0.2) is 42.7 Å². The summed E-state index contributed by atoms with van der Waals surface area (Å²) < 4.78 is 2.20. The number of anilines is 2.